The van der Waals surface area contributed by atoms with Crippen molar-refractivity contribution in [2.45, 2.75) is 57.4 Å². The summed E-state index contributed by atoms with van der Waals surface area (Å²) in [7, 11) is 0. The van der Waals surface area contributed by atoms with Gasteiger partial charge in [0, 0.05) is 25.4 Å². The molecule has 1 saturated heterocycles. The Morgan fingerprint density at radius 3 is 2.24 bits per heavy atom. The Kier molecular flexibility index (Phi) is 4.15. The SMILES string of the molecule is NC(CN1C(=O)CCCC1=O)C1CCCCC1. The molecule has 2 N–H and O–H groups in total. The van der Waals surface area contributed by atoms with E-state index in [9.17, 15) is 9.59 Å². The molecule has 1 heterocycles. The van der Waals surface area contributed by atoms with Gasteiger partial charge in [0.05, 0.1) is 0 Å². The largest absolute Gasteiger partial charge is 0.326 e. The van der Waals surface area contributed by atoms with Crippen molar-refractivity contribution in [2.75, 3.05) is 6.54 Å². The lowest BCUT2D eigenvalue weighted by molar-refractivity contribution is -0.148. The maximum absolute atomic E-state index is 11.7. The first-order valence-electron chi connectivity index (χ1n) is 6.77. The van der Waals surface area contributed by atoms with Gasteiger partial charge in [-0.3, -0.25) is 14.5 Å². The van der Waals surface area contributed by atoms with E-state index >= 15 is 0 Å². The molecular weight excluding hydrogens is 216 g/mol. The molecule has 4 heteroatoms. The number of hydrogen-bond donors (Lipinski definition) is 1. The fourth-order valence-electron chi connectivity index (χ4n) is 2.93. The minimum atomic E-state index is -0.0347. The molecule has 2 rings (SSSR count). The molecule has 96 valence electrons. The summed E-state index contributed by atoms with van der Waals surface area (Å²) in [4.78, 5) is 24.7. The lowest BCUT2D eigenvalue weighted by Crippen LogP contribution is -2.49. The highest BCUT2D eigenvalue weighted by Gasteiger charge is 2.30. The minimum absolute atomic E-state index is 0.0266. The molecule has 0 spiro atoms. The monoisotopic (exact) mass is 238 g/mol. The first kappa shape index (κ1) is 12.6. The number of hydrogen-bond acceptors (Lipinski definition) is 3. The molecule has 17 heavy (non-hydrogen) atoms. The lowest BCUT2D eigenvalue weighted by atomic mass is 9.84. The Labute approximate surface area is 103 Å². The van der Waals surface area contributed by atoms with Crippen molar-refractivity contribution >= 4 is 11.8 Å². The third-order valence-corrected chi connectivity index (χ3v) is 4.03. The van der Waals surface area contributed by atoms with Crippen LogP contribution in [-0.4, -0.2) is 29.3 Å². The highest BCUT2D eigenvalue weighted by Crippen LogP contribution is 2.26. The third kappa shape index (κ3) is 3.06. The highest BCUT2D eigenvalue weighted by molar-refractivity contribution is 5.97. The highest BCUT2D eigenvalue weighted by atomic mass is 16.2. The first-order chi connectivity index (χ1) is 8.18. The van der Waals surface area contributed by atoms with Crippen LogP contribution < -0.4 is 5.73 Å². The van der Waals surface area contributed by atoms with Crippen LogP contribution >= 0.6 is 0 Å². The second-order valence-corrected chi connectivity index (χ2v) is 5.31. The van der Waals surface area contributed by atoms with Gasteiger partial charge < -0.3 is 5.73 Å². The average Bonchev–Trinajstić information content (AvgIpc) is 2.35. The molecule has 2 amide bonds. The van der Waals surface area contributed by atoms with Crippen molar-refractivity contribution in [1.29, 1.82) is 0 Å². The van der Waals surface area contributed by atoms with Crippen LogP contribution in [0.1, 0.15) is 51.4 Å². The zero-order valence-corrected chi connectivity index (χ0v) is 10.4. The van der Waals surface area contributed by atoms with Crippen LogP contribution in [0.4, 0.5) is 0 Å². The standard InChI is InChI=1S/C13H22N2O2/c14-11(10-5-2-1-3-6-10)9-15-12(16)7-4-8-13(15)17/h10-11H,1-9,14H2. The Morgan fingerprint density at radius 2 is 1.65 bits per heavy atom. The van der Waals surface area contributed by atoms with Crippen molar-refractivity contribution in [3.05, 3.63) is 0 Å². The van der Waals surface area contributed by atoms with Crippen molar-refractivity contribution in [1.82, 2.24) is 4.90 Å². The molecule has 1 atom stereocenters. The van der Waals surface area contributed by atoms with Gasteiger partial charge in [0.15, 0.2) is 0 Å². The molecule has 0 bridgehead atoms. The van der Waals surface area contributed by atoms with Crippen LogP contribution in [0.15, 0.2) is 0 Å². The van der Waals surface area contributed by atoms with E-state index in [-0.39, 0.29) is 17.9 Å². The molecule has 0 aromatic heterocycles. The number of rotatable bonds is 3. The van der Waals surface area contributed by atoms with E-state index in [1.54, 1.807) is 0 Å². The van der Waals surface area contributed by atoms with Crippen LogP contribution in [0.3, 0.4) is 0 Å². The van der Waals surface area contributed by atoms with Gasteiger partial charge in [0.1, 0.15) is 0 Å². The average molecular weight is 238 g/mol. The molecule has 1 saturated carbocycles. The van der Waals surface area contributed by atoms with E-state index in [4.69, 9.17) is 5.73 Å². The van der Waals surface area contributed by atoms with Crippen LogP contribution in [0.25, 0.3) is 0 Å². The summed E-state index contributed by atoms with van der Waals surface area (Å²) in [5, 5.41) is 0. The van der Waals surface area contributed by atoms with Crippen molar-refractivity contribution < 1.29 is 9.59 Å². The van der Waals surface area contributed by atoms with Crippen LogP contribution in [0.5, 0.6) is 0 Å². The van der Waals surface area contributed by atoms with Gasteiger partial charge in [-0.25, -0.2) is 0 Å². The summed E-state index contributed by atoms with van der Waals surface area (Å²) in [5.74, 6) is 0.422. The number of likely N-dealkylation sites (tertiary alicyclic amines) is 1. The molecule has 1 aliphatic heterocycles. The number of amides is 2. The Hall–Kier alpha value is -0.900. The van der Waals surface area contributed by atoms with Crippen molar-refractivity contribution in [3.8, 4) is 0 Å². The number of carbonyl (C=O) groups excluding carboxylic acids is 2. The Bertz CT molecular complexity index is 282. The predicted molar refractivity (Wildman–Crippen MR) is 65.1 cm³/mol. The molecule has 1 aliphatic carbocycles. The second-order valence-electron chi connectivity index (χ2n) is 5.31. The minimum Gasteiger partial charge on any atom is -0.326 e. The molecular formula is C13H22N2O2. The molecule has 0 radical (unpaired) electrons. The fraction of sp³-hybridized carbons (Fsp3) is 0.846. The zero-order valence-electron chi connectivity index (χ0n) is 10.4. The van der Waals surface area contributed by atoms with Gasteiger partial charge in [-0.2, -0.15) is 0 Å². The normalized spacial score (nSPS) is 25.1. The van der Waals surface area contributed by atoms with Crippen LogP contribution in [0.2, 0.25) is 0 Å². The van der Waals surface area contributed by atoms with Crippen LogP contribution in [0, 0.1) is 5.92 Å². The molecule has 1 unspecified atom stereocenters. The van der Waals surface area contributed by atoms with Gasteiger partial charge in [0.2, 0.25) is 11.8 Å². The zero-order chi connectivity index (χ0) is 12.3. The number of piperidine rings is 1. The fourth-order valence-corrected chi connectivity index (χ4v) is 2.93. The summed E-state index contributed by atoms with van der Waals surface area (Å²) < 4.78 is 0. The Morgan fingerprint density at radius 1 is 1.06 bits per heavy atom. The van der Waals surface area contributed by atoms with E-state index in [1.807, 2.05) is 0 Å². The van der Waals surface area contributed by atoms with Gasteiger partial charge in [-0.1, -0.05) is 19.3 Å². The quantitative estimate of drug-likeness (QED) is 0.757. The van der Waals surface area contributed by atoms with Gasteiger partial charge in [-0.05, 0) is 25.2 Å². The van der Waals surface area contributed by atoms with E-state index in [0.717, 1.165) is 12.8 Å². The van der Waals surface area contributed by atoms with Gasteiger partial charge >= 0.3 is 0 Å². The molecule has 0 aromatic carbocycles. The number of nitrogens with two attached hydrogens (primary N) is 1. The maximum atomic E-state index is 11.7. The van der Waals surface area contributed by atoms with E-state index in [2.05, 4.69) is 0 Å². The van der Waals surface area contributed by atoms with Gasteiger partial charge in [0.25, 0.3) is 0 Å². The molecule has 4 nitrogen and oxygen atoms in total. The number of carbonyl (C=O) groups is 2. The van der Waals surface area contributed by atoms with Crippen molar-refractivity contribution in [3.63, 3.8) is 0 Å². The summed E-state index contributed by atoms with van der Waals surface area (Å²) in [6, 6.07) is -0.0266. The summed E-state index contributed by atoms with van der Waals surface area (Å²) in [6.07, 6.45) is 7.78. The molecule has 0 aromatic rings. The van der Waals surface area contributed by atoms with Crippen LogP contribution in [-0.2, 0) is 9.59 Å². The van der Waals surface area contributed by atoms with E-state index in [0.29, 0.717) is 31.7 Å². The lowest BCUT2D eigenvalue weighted by Gasteiger charge is -2.32. The maximum Gasteiger partial charge on any atom is 0.229 e. The molecule has 2 aliphatic rings. The summed E-state index contributed by atoms with van der Waals surface area (Å²) in [6.45, 7) is 0.433. The smallest absolute Gasteiger partial charge is 0.229 e. The van der Waals surface area contributed by atoms with E-state index < -0.39 is 0 Å². The summed E-state index contributed by atoms with van der Waals surface area (Å²) in [5.41, 5.74) is 6.16. The van der Waals surface area contributed by atoms with Gasteiger partial charge in [-0.15, -0.1) is 0 Å². The first-order valence-corrected chi connectivity index (χ1v) is 6.77. The Balaban J connectivity index is 1.89. The van der Waals surface area contributed by atoms with E-state index in [1.165, 1.54) is 24.2 Å². The second kappa shape index (κ2) is 5.63. The van der Waals surface area contributed by atoms with Crippen molar-refractivity contribution in [2.24, 2.45) is 11.7 Å². The predicted octanol–water partition coefficient (Wildman–Crippen LogP) is 1.43. The topological polar surface area (TPSA) is 63.4 Å². The number of nitrogens with zero attached hydrogens (tertiary/aromatic N) is 1. The molecule has 2 fully saturated rings. The third-order valence-electron chi connectivity index (χ3n) is 4.03. The number of imide groups is 1. The summed E-state index contributed by atoms with van der Waals surface area (Å²) >= 11 is 0.